The minimum absolute atomic E-state index is 0.155. The molecule has 1 aromatic carbocycles. The summed E-state index contributed by atoms with van der Waals surface area (Å²) in [6.45, 7) is 1.86. The number of benzene rings is 1. The van der Waals surface area contributed by atoms with Gasteiger partial charge in [0.15, 0.2) is 5.69 Å². The summed E-state index contributed by atoms with van der Waals surface area (Å²) in [6.07, 6.45) is 0.632. The van der Waals surface area contributed by atoms with Gasteiger partial charge in [0.25, 0.3) is 0 Å². The molecule has 12 heavy (non-hydrogen) atoms. The highest BCUT2D eigenvalue weighted by atomic mass is 16.8. The van der Waals surface area contributed by atoms with E-state index in [2.05, 4.69) is 0 Å². The highest BCUT2D eigenvalue weighted by Crippen LogP contribution is 2.19. The fourth-order valence-electron chi connectivity index (χ4n) is 1.00. The molecule has 0 aliphatic rings. The van der Waals surface area contributed by atoms with Crippen LogP contribution >= 0.6 is 0 Å². The number of phenols is 1. The standard InChI is InChI=1S/C8H11NO3/c1-2-6-5-7(9(11)12)3-4-8(6)10/h3-5,9-11H,2H2,1H3. The maximum atomic E-state index is 10.5. The number of hydrogen-bond donors (Lipinski definition) is 3. The van der Waals surface area contributed by atoms with Gasteiger partial charge in [-0.2, -0.15) is 5.23 Å². The topological polar surface area (TPSA) is 68.0 Å². The van der Waals surface area contributed by atoms with Crippen molar-refractivity contribution in [3.8, 4) is 5.75 Å². The average molecular weight is 169 g/mol. The summed E-state index contributed by atoms with van der Waals surface area (Å²) < 4.78 is 0. The number of rotatable bonds is 2. The maximum absolute atomic E-state index is 10.5. The number of hydrogen-bond acceptors (Lipinski definition) is 3. The lowest BCUT2D eigenvalue weighted by atomic mass is 10.1. The lowest BCUT2D eigenvalue weighted by Crippen LogP contribution is -2.99. The molecule has 0 aliphatic carbocycles. The molecule has 0 saturated carbocycles. The van der Waals surface area contributed by atoms with Crippen LogP contribution in [0.5, 0.6) is 5.75 Å². The Bertz CT molecular complexity index is 273. The lowest BCUT2D eigenvalue weighted by Gasteiger charge is -2.12. The minimum atomic E-state index is -0.968. The van der Waals surface area contributed by atoms with Crippen LogP contribution < -0.4 is 5.23 Å². The average Bonchev–Trinajstić information content (AvgIpc) is 2.05. The third-order valence-electron chi connectivity index (χ3n) is 1.71. The second-order valence-electron chi connectivity index (χ2n) is 2.50. The van der Waals surface area contributed by atoms with Crippen LogP contribution in [0.2, 0.25) is 0 Å². The van der Waals surface area contributed by atoms with Gasteiger partial charge in [-0.3, -0.25) is 0 Å². The molecule has 0 bridgehead atoms. The van der Waals surface area contributed by atoms with Gasteiger partial charge in [-0.25, -0.2) is 5.21 Å². The first-order chi connectivity index (χ1) is 5.65. The third kappa shape index (κ3) is 1.73. The van der Waals surface area contributed by atoms with Crippen molar-refractivity contribution in [1.82, 2.24) is 0 Å². The van der Waals surface area contributed by atoms with Crippen LogP contribution in [-0.4, -0.2) is 10.3 Å². The van der Waals surface area contributed by atoms with Crippen molar-refractivity contribution >= 4 is 5.69 Å². The van der Waals surface area contributed by atoms with Crippen LogP contribution in [0.15, 0.2) is 18.2 Å². The van der Waals surface area contributed by atoms with E-state index in [-0.39, 0.29) is 11.4 Å². The zero-order valence-electron chi connectivity index (χ0n) is 6.74. The first-order valence-electron chi connectivity index (χ1n) is 3.70. The fourth-order valence-corrected chi connectivity index (χ4v) is 1.00. The van der Waals surface area contributed by atoms with E-state index in [0.29, 0.717) is 12.0 Å². The van der Waals surface area contributed by atoms with Crippen molar-refractivity contribution in [2.45, 2.75) is 13.3 Å². The van der Waals surface area contributed by atoms with E-state index in [4.69, 9.17) is 5.21 Å². The highest BCUT2D eigenvalue weighted by molar-refractivity contribution is 5.42. The van der Waals surface area contributed by atoms with E-state index in [1.807, 2.05) is 6.92 Å². The van der Waals surface area contributed by atoms with Gasteiger partial charge in [0, 0.05) is 12.1 Å². The van der Waals surface area contributed by atoms with Gasteiger partial charge in [0.05, 0.1) is 0 Å². The third-order valence-corrected chi connectivity index (χ3v) is 1.71. The summed E-state index contributed by atoms with van der Waals surface area (Å²) >= 11 is 0. The molecule has 4 nitrogen and oxygen atoms in total. The maximum Gasteiger partial charge on any atom is 0.164 e. The van der Waals surface area contributed by atoms with Crippen LogP contribution in [0, 0.1) is 5.21 Å². The van der Waals surface area contributed by atoms with Gasteiger partial charge < -0.3 is 10.3 Å². The summed E-state index contributed by atoms with van der Waals surface area (Å²) in [5.41, 5.74) is 0.875. The summed E-state index contributed by atoms with van der Waals surface area (Å²) in [7, 11) is 0. The largest absolute Gasteiger partial charge is 0.595 e. The molecule has 0 aromatic heterocycles. The van der Waals surface area contributed by atoms with E-state index in [0.717, 1.165) is 0 Å². The predicted octanol–water partition coefficient (Wildman–Crippen LogP) is 0.358. The normalized spacial score (nSPS) is 12.9. The van der Waals surface area contributed by atoms with E-state index in [9.17, 15) is 10.3 Å². The molecule has 0 amide bonds. The minimum Gasteiger partial charge on any atom is -0.595 e. The monoisotopic (exact) mass is 169 g/mol. The molecule has 4 heteroatoms. The molecule has 0 aliphatic heterocycles. The van der Waals surface area contributed by atoms with Gasteiger partial charge in [-0.1, -0.05) is 6.92 Å². The molecule has 66 valence electrons. The molecule has 0 radical (unpaired) electrons. The summed E-state index contributed by atoms with van der Waals surface area (Å²) in [5, 5.41) is 27.4. The highest BCUT2D eigenvalue weighted by Gasteiger charge is 2.04. The molecular weight excluding hydrogens is 158 g/mol. The van der Waals surface area contributed by atoms with Gasteiger partial charge in [0.2, 0.25) is 0 Å². The molecule has 1 unspecified atom stereocenters. The van der Waals surface area contributed by atoms with Gasteiger partial charge >= 0.3 is 0 Å². The second-order valence-corrected chi connectivity index (χ2v) is 2.50. The Labute approximate surface area is 70.2 Å². The SMILES string of the molecule is CCc1cc([NH+]([O-])O)ccc1O. The molecule has 0 heterocycles. The Balaban J connectivity index is 3.05. The van der Waals surface area contributed by atoms with E-state index < -0.39 is 5.23 Å². The summed E-state index contributed by atoms with van der Waals surface area (Å²) in [6, 6.07) is 4.27. The number of quaternary nitrogens is 1. The van der Waals surface area contributed by atoms with E-state index in [1.54, 1.807) is 0 Å². The van der Waals surface area contributed by atoms with E-state index >= 15 is 0 Å². The van der Waals surface area contributed by atoms with Crippen molar-refractivity contribution in [3.63, 3.8) is 0 Å². The number of aromatic hydroxyl groups is 1. The van der Waals surface area contributed by atoms with Crippen molar-refractivity contribution in [2.24, 2.45) is 0 Å². The van der Waals surface area contributed by atoms with Crippen molar-refractivity contribution < 1.29 is 15.5 Å². The van der Waals surface area contributed by atoms with Crippen LogP contribution in [0.3, 0.4) is 0 Å². The molecule has 3 N–H and O–H groups in total. The van der Waals surface area contributed by atoms with Gasteiger partial charge in [-0.15, -0.1) is 0 Å². The van der Waals surface area contributed by atoms with Crippen LogP contribution in [0.4, 0.5) is 5.69 Å². The Kier molecular flexibility index (Phi) is 2.65. The van der Waals surface area contributed by atoms with Crippen molar-refractivity contribution in [2.75, 3.05) is 0 Å². The Hall–Kier alpha value is -1.10. The zero-order valence-corrected chi connectivity index (χ0v) is 6.74. The lowest BCUT2D eigenvalue weighted by molar-refractivity contribution is -0.991. The number of nitrogens with one attached hydrogen (secondary N) is 1. The first kappa shape index (κ1) is 8.99. The molecule has 1 aromatic rings. The molecule has 0 fully saturated rings. The smallest absolute Gasteiger partial charge is 0.164 e. The Morgan fingerprint density at radius 3 is 2.67 bits per heavy atom. The summed E-state index contributed by atoms with van der Waals surface area (Å²) in [5.74, 6) is 0.155. The Morgan fingerprint density at radius 2 is 2.17 bits per heavy atom. The second kappa shape index (κ2) is 3.53. The summed E-state index contributed by atoms with van der Waals surface area (Å²) in [4.78, 5) is 0. The first-order valence-corrected chi connectivity index (χ1v) is 3.70. The molecule has 1 atom stereocenters. The van der Waals surface area contributed by atoms with Crippen LogP contribution in [0.1, 0.15) is 12.5 Å². The fraction of sp³-hybridized carbons (Fsp3) is 0.250. The molecule has 0 saturated heterocycles. The van der Waals surface area contributed by atoms with Crippen molar-refractivity contribution in [3.05, 3.63) is 29.0 Å². The number of aryl methyl sites for hydroxylation is 1. The Morgan fingerprint density at radius 1 is 1.50 bits per heavy atom. The van der Waals surface area contributed by atoms with Crippen LogP contribution in [0.25, 0.3) is 0 Å². The molecule has 1 rings (SSSR count). The van der Waals surface area contributed by atoms with Crippen molar-refractivity contribution in [1.29, 1.82) is 0 Å². The molecular formula is C8H11NO3. The quantitative estimate of drug-likeness (QED) is 0.442. The predicted molar refractivity (Wildman–Crippen MR) is 43.3 cm³/mol. The van der Waals surface area contributed by atoms with E-state index in [1.165, 1.54) is 18.2 Å². The van der Waals surface area contributed by atoms with Gasteiger partial charge in [-0.05, 0) is 18.1 Å². The van der Waals surface area contributed by atoms with Gasteiger partial charge in [0.1, 0.15) is 5.75 Å². The number of phenolic OH excluding ortho intramolecular Hbond substituents is 1. The zero-order chi connectivity index (χ0) is 9.14. The molecule has 0 spiro atoms. The van der Waals surface area contributed by atoms with Crippen LogP contribution in [-0.2, 0) is 6.42 Å².